The van der Waals surface area contributed by atoms with E-state index in [1.807, 2.05) is 4.90 Å². The van der Waals surface area contributed by atoms with Crippen LogP contribution in [0.15, 0.2) is 0 Å². The number of ether oxygens (including phenoxy) is 1. The first-order chi connectivity index (χ1) is 9.33. The van der Waals surface area contributed by atoms with Crippen LogP contribution >= 0.6 is 0 Å². The number of carboxylic acid groups (broad SMARTS) is 1. The van der Waals surface area contributed by atoms with Crippen molar-refractivity contribution in [1.29, 1.82) is 0 Å². The highest BCUT2D eigenvalue weighted by Crippen LogP contribution is 2.38. The summed E-state index contributed by atoms with van der Waals surface area (Å²) in [5.41, 5.74) is 0.302. The largest absolute Gasteiger partial charge is 0.479 e. The Balaban J connectivity index is 1.88. The normalized spacial score (nSPS) is 29.7. The zero-order valence-corrected chi connectivity index (χ0v) is 12.6. The molecule has 0 aromatic rings. The number of carbonyl (C=O) groups excluding carboxylic acids is 1. The smallest absolute Gasteiger partial charge is 0.332 e. The number of piperidine rings is 1. The zero-order chi connectivity index (χ0) is 14.9. The number of hydrogen-bond donors (Lipinski definition) is 1. The average Bonchev–Trinajstić information content (AvgIpc) is 2.88. The van der Waals surface area contributed by atoms with Gasteiger partial charge in [0.05, 0.1) is 0 Å². The number of hydrogen-bond acceptors (Lipinski definition) is 3. The van der Waals surface area contributed by atoms with Crippen LogP contribution in [0.1, 0.15) is 46.5 Å². The fourth-order valence-electron chi connectivity index (χ4n) is 3.02. The molecule has 0 radical (unpaired) electrons. The van der Waals surface area contributed by atoms with Crippen molar-refractivity contribution in [2.45, 2.75) is 58.7 Å². The highest BCUT2D eigenvalue weighted by atomic mass is 16.5. The first-order valence-electron chi connectivity index (χ1n) is 7.50. The van der Waals surface area contributed by atoms with Crippen molar-refractivity contribution in [2.24, 2.45) is 11.3 Å². The van der Waals surface area contributed by atoms with E-state index in [-0.39, 0.29) is 5.91 Å². The lowest BCUT2D eigenvalue weighted by Crippen LogP contribution is -2.47. The van der Waals surface area contributed by atoms with Gasteiger partial charge in [0.25, 0.3) is 5.91 Å². The molecule has 2 atom stereocenters. The van der Waals surface area contributed by atoms with Crippen molar-refractivity contribution >= 4 is 11.9 Å². The maximum atomic E-state index is 12.4. The lowest BCUT2D eigenvalue weighted by atomic mass is 9.72. The van der Waals surface area contributed by atoms with Crippen molar-refractivity contribution in [3.63, 3.8) is 0 Å². The fraction of sp³-hybridized carbons (Fsp3) is 0.867. The summed E-state index contributed by atoms with van der Waals surface area (Å²) in [6.45, 7) is 8.26. The first-order valence-corrected chi connectivity index (χ1v) is 7.50. The van der Waals surface area contributed by atoms with E-state index in [9.17, 15) is 9.59 Å². The third kappa shape index (κ3) is 2.97. The molecule has 20 heavy (non-hydrogen) atoms. The molecule has 0 aromatic carbocycles. The van der Waals surface area contributed by atoms with Crippen LogP contribution in [-0.2, 0) is 14.3 Å². The van der Waals surface area contributed by atoms with Crippen molar-refractivity contribution in [3.05, 3.63) is 0 Å². The van der Waals surface area contributed by atoms with Gasteiger partial charge in [-0.25, -0.2) is 4.79 Å². The molecular formula is C15H25NO4. The topological polar surface area (TPSA) is 66.8 Å². The van der Waals surface area contributed by atoms with Crippen molar-refractivity contribution in [3.8, 4) is 0 Å². The molecule has 0 saturated carbocycles. The third-order valence-corrected chi connectivity index (χ3v) is 5.18. The number of carboxylic acids is 1. The van der Waals surface area contributed by atoms with Gasteiger partial charge in [-0.3, -0.25) is 4.79 Å². The number of nitrogens with zero attached hydrogens (tertiary/aromatic N) is 1. The maximum Gasteiger partial charge on any atom is 0.332 e. The predicted molar refractivity (Wildman–Crippen MR) is 74.3 cm³/mol. The standard InChI is InChI=1S/C15H25NO4/c1-10(2)15(3)6-8-16(9-7-15)13(17)11-4-5-12(20-11)14(18)19/h10-12H,4-9H2,1-3H3,(H,18,19)/t11-,12+/m0/s1. The first kappa shape index (κ1) is 15.3. The van der Waals surface area contributed by atoms with Crippen molar-refractivity contribution in [1.82, 2.24) is 4.90 Å². The van der Waals surface area contributed by atoms with Crippen molar-refractivity contribution in [2.75, 3.05) is 13.1 Å². The van der Waals surface area contributed by atoms with E-state index < -0.39 is 18.2 Å². The molecule has 0 unspecified atom stereocenters. The number of likely N-dealkylation sites (tertiary alicyclic amines) is 1. The Bertz CT molecular complexity index is 385. The second-order valence-electron chi connectivity index (χ2n) is 6.66. The third-order valence-electron chi connectivity index (χ3n) is 5.18. The minimum absolute atomic E-state index is 0.0282. The van der Waals surface area contributed by atoms with Gasteiger partial charge in [-0.15, -0.1) is 0 Å². The number of rotatable bonds is 3. The van der Waals surface area contributed by atoms with Gasteiger partial charge in [0.1, 0.15) is 6.10 Å². The summed E-state index contributed by atoms with van der Waals surface area (Å²) in [6.07, 6.45) is 1.60. The Labute approximate surface area is 120 Å². The van der Waals surface area contributed by atoms with Gasteiger partial charge < -0.3 is 14.7 Å². The van der Waals surface area contributed by atoms with E-state index in [1.54, 1.807) is 0 Å². The molecule has 0 aromatic heterocycles. The average molecular weight is 283 g/mol. The molecule has 2 aliphatic rings. The molecule has 0 aliphatic carbocycles. The van der Waals surface area contributed by atoms with Crippen molar-refractivity contribution < 1.29 is 19.4 Å². The van der Waals surface area contributed by atoms with Crippen LogP contribution in [0.25, 0.3) is 0 Å². The van der Waals surface area contributed by atoms with Crippen LogP contribution in [0.4, 0.5) is 0 Å². The van der Waals surface area contributed by atoms with Gasteiger partial charge in [0, 0.05) is 13.1 Å². The summed E-state index contributed by atoms with van der Waals surface area (Å²) >= 11 is 0. The van der Waals surface area contributed by atoms with Gasteiger partial charge in [-0.1, -0.05) is 20.8 Å². The molecule has 0 spiro atoms. The Kier molecular flexibility index (Phi) is 4.37. The van der Waals surface area contributed by atoms with E-state index in [4.69, 9.17) is 9.84 Å². The van der Waals surface area contributed by atoms with Gasteiger partial charge in [0.15, 0.2) is 6.10 Å². The van der Waals surface area contributed by atoms with Gasteiger partial charge in [-0.05, 0) is 37.0 Å². The van der Waals surface area contributed by atoms with E-state index in [0.29, 0.717) is 24.2 Å². The van der Waals surface area contributed by atoms with E-state index >= 15 is 0 Å². The summed E-state index contributed by atoms with van der Waals surface area (Å²) in [5.74, 6) is -0.384. The molecule has 2 aliphatic heterocycles. The second kappa shape index (κ2) is 5.72. The Morgan fingerprint density at radius 2 is 1.75 bits per heavy atom. The summed E-state index contributed by atoms with van der Waals surface area (Å²) in [5, 5.41) is 8.90. The highest BCUT2D eigenvalue weighted by molar-refractivity contribution is 5.82. The molecule has 114 valence electrons. The molecule has 2 saturated heterocycles. The van der Waals surface area contributed by atoms with Crippen LogP contribution < -0.4 is 0 Å². The molecule has 2 heterocycles. The summed E-state index contributed by atoms with van der Waals surface area (Å²) in [4.78, 5) is 25.1. The van der Waals surface area contributed by atoms with Gasteiger partial charge >= 0.3 is 5.97 Å². The zero-order valence-electron chi connectivity index (χ0n) is 12.6. The van der Waals surface area contributed by atoms with Crippen LogP contribution in [-0.4, -0.2) is 47.2 Å². The Morgan fingerprint density at radius 1 is 1.20 bits per heavy atom. The number of carbonyl (C=O) groups is 2. The summed E-state index contributed by atoms with van der Waals surface area (Å²) in [7, 11) is 0. The van der Waals surface area contributed by atoms with Crippen LogP contribution in [0, 0.1) is 11.3 Å². The molecule has 5 heteroatoms. The van der Waals surface area contributed by atoms with Crippen LogP contribution in [0.5, 0.6) is 0 Å². The van der Waals surface area contributed by atoms with Gasteiger partial charge in [0.2, 0.25) is 0 Å². The highest BCUT2D eigenvalue weighted by Gasteiger charge is 2.40. The maximum absolute atomic E-state index is 12.4. The Morgan fingerprint density at radius 3 is 2.20 bits per heavy atom. The van der Waals surface area contributed by atoms with Crippen LogP contribution in [0.2, 0.25) is 0 Å². The lowest BCUT2D eigenvalue weighted by Gasteiger charge is -2.42. The minimum Gasteiger partial charge on any atom is -0.479 e. The number of amides is 1. The van der Waals surface area contributed by atoms with E-state index in [1.165, 1.54) is 0 Å². The monoisotopic (exact) mass is 283 g/mol. The SMILES string of the molecule is CC(C)C1(C)CCN(C(=O)[C@@H]2CC[C@H](C(=O)O)O2)CC1. The fourth-order valence-corrected chi connectivity index (χ4v) is 3.02. The molecule has 1 amide bonds. The minimum atomic E-state index is -0.966. The molecule has 2 rings (SSSR count). The summed E-state index contributed by atoms with van der Waals surface area (Å²) in [6, 6.07) is 0. The molecule has 0 bridgehead atoms. The summed E-state index contributed by atoms with van der Waals surface area (Å²) < 4.78 is 5.35. The molecular weight excluding hydrogens is 258 g/mol. The quantitative estimate of drug-likeness (QED) is 0.859. The second-order valence-corrected chi connectivity index (χ2v) is 6.66. The Hall–Kier alpha value is -1.10. The van der Waals surface area contributed by atoms with Gasteiger partial charge in [-0.2, -0.15) is 0 Å². The molecule has 2 fully saturated rings. The van der Waals surface area contributed by atoms with E-state index in [2.05, 4.69) is 20.8 Å². The molecule has 5 nitrogen and oxygen atoms in total. The van der Waals surface area contributed by atoms with Crippen LogP contribution in [0.3, 0.4) is 0 Å². The lowest BCUT2D eigenvalue weighted by molar-refractivity contribution is -0.155. The number of aliphatic carboxylic acids is 1. The van der Waals surface area contributed by atoms with E-state index in [0.717, 1.165) is 25.9 Å². The molecule has 1 N–H and O–H groups in total. The predicted octanol–water partition coefficient (Wildman–Crippen LogP) is 1.90.